The normalized spacial score (nSPS) is 20.8. The zero-order valence-corrected chi connectivity index (χ0v) is 9.85. The van der Waals surface area contributed by atoms with Gasteiger partial charge in [-0.2, -0.15) is 0 Å². The summed E-state index contributed by atoms with van der Waals surface area (Å²) in [5, 5.41) is 11.9. The predicted octanol–water partition coefficient (Wildman–Crippen LogP) is 2.38. The molecular weight excluding hydrogens is 218 g/mol. The number of carbonyl (C=O) groups excluding carboxylic acids is 1. The molecule has 1 fully saturated rings. The zero-order valence-electron chi connectivity index (χ0n) is 9.85. The average Bonchev–Trinajstić information content (AvgIpc) is 2.73. The van der Waals surface area contributed by atoms with Crippen LogP contribution in [0.1, 0.15) is 31.2 Å². The van der Waals surface area contributed by atoms with Gasteiger partial charge >= 0.3 is 6.09 Å². The van der Waals surface area contributed by atoms with Crippen molar-refractivity contribution in [3.05, 3.63) is 29.8 Å². The number of nitrogens with one attached hydrogen (secondary N) is 1. The van der Waals surface area contributed by atoms with Gasteiger partial charge in [0.15, 0.2) is 0 Å². The Hall–Kier alpha value is -1.71. The van der Waals surface area contributed by atoms with Crippen molar-refractivity contribution >= 4 is 6.09 Å². The van der Waals surface area contributed by atoms with Crippen LogP contribution in [0, 0.1) is 0 Å². The standard InChI is InChI=1S/C13H17NO3/c1-9(10-3-5-11(15)6-4-10)2-7-12-8-14-13(16)17-12/h3-6,9,12,15H,2,7-8H2,1H3,(H,14,16)/t9-,12+/m1/s1. The molecule has 1 aliphatic heterocycles. The van der Waals surface area contributed by atoms with E-state index < -0.39 is 0 Å². The minimum atomic E-state index is -0.313. The third kappa shape index (κ3) is 3.12. The van der Waals surface area contributed by atoms with Crippen molar-refractivity contribution in [3.8, 4) is 5.75 Å². The van der Waals surface area contributed by atoms with Gasteiger partial charge in [-0.1, -0.05) is 19.1 Å². The van der Waals surface area contributed by atoms with Gasteiger partial charge in [0.05, 0.1) is 6.54 Å². The second kappa shape index (κ2) is 5.08. The molecule has 1 aliphatic rings. The van der Waals surface area contributed by atoms with Crippen LogP contribution in [0.5, 0.6) is 5.75 Å². The smallest absolute Gasteiger partial charge is 0.407 e. The monoisotopic (exact) mass is 235 g/mol. The van der Waals surface area contributed by atoms with Crippen LogP contribution in [-0.2, 0) is 4.74 Å². The molecule has 4 heteroatoms. The van der Waals surface area contributed by atoms with Crippen LogP contribution < -0.4 is 5.32 Å². The molecule has 1 aromatic carbocycles. The summed E-state index contributed by atoms with van der Waals surface area (Å²) in [6, 6.07) is 7.25. The topological polar surface area (TPSA) is 58.6 Å². The lowest BCUT2D eigenvalue weighted by Gasteiger charge is -2.14. The summed E-state index contributed by atoms with van der Waals surface area (Å²) in [6.07, 6.45) is 1.51. The number of phenolic OH excluding ortho intramolecular Hbond substituents is 1. The van der Waals surface area contributed by atoms with Gasteiger partial charge in [0.25, 0.3) is 0 Å². The van der Waals surface area contributed by atoms with Crippen molar-refractivity contribution in [1.29, 1.82) is 0 Å². The van der Waals surface area contributed by atoms with Gasteiger partial charge in [-0.25, -0.2) is 4.79 Å². The van der Waals surface area contributed by atoms with E-state index in [1.165, 1.54) is 5.56 Å². The van der Waals surface area contributed by atoms with E-state index in [4.69, 9.17) is 4.74 Å². The van der Waals surface area contributed by atoms with Crippen LogP contribution in [0.15, 0.2) is 24.3 Å². The van der Waals surface area contributed by atoms with E-state index in [0.717, 1.165) is 12.8 Å². The number of aromatic hydroxyl groups is 1. The summed E-state index contributed by atoms with van der Waals surface area (Å²) in [4.78, 5) is 10.8. The molecule has 17 heavy (non-hydrogen) atoms. The summed E-state index contributed by atoms with van der Waals surface area (Å²) in [6.45, 7) is 2.75. The molecule has 0 saturated carbocycles. The molecule has 0 unspecified atom stereocenters. The lowest BCUT2D eigenvalue weighted by molar-refractivity contribution is 0.133. The van der Waals surface area contributed by atoms with E-state index in [2.05, 4.69) is 12.2 Å². The fourth-order valence-corrected chi connectivity index (χ4v) is 2.00. The van der Waals surface area contributed by atoms with E-state index in [9.17, 15) is 9.90 Å². The molecule has 2 N–H and O–H groups in total. The minimum Gasteiger partial charge on any atom is -0.508 e. The van der Waals surface area contributed by atoms with Crippen molar-refractivity contribution in [2.45, 2.75) is 31.8 Å². The van der Waals surface area contributed by atoms with Gasteiger partial charge in [0.2, 0.25) is 0 Å². The minimum absolute atomic E-state index is 0.00191. The largest absolute Gasteiger partial charge is 0.508 e. The van der Waals surface area contributed by atoms with Crippen molar-refractivity contribution in [2.75, 3.05) is 6.54 Å². The number of cyclic esters (lactones) is 1. The summed E-state index contributed by atoms with van der Waals surface area (Å²) < 4.78 is 5.08. The van der Waals surface area contributed by atoms with E-state index in [0.29, 0.717) is 12.5 Å². The lowest BCUT2D eigenvalue weighted by Crippen LogP contribution is -2.15. The van der Waals surface area contributed by atoms with Gasteiger partial charge in [-0.05, 0) is 36.5 Å². The molecule has 0 bridgehead atoms. The number of carbonyl (C=O) groups is 1. The number of alkyl carbamates (subject to hydrolysis) is 1. The quantitative estimate of drug-likeness (QED) is 0.842. The summed E-state index contributed by atoms with van der Waals surface area (Å²) >= 11 is 0. The number of amides is 1. The van der Waals surface area contributed by atoms with Crippen molar-refractivity contribution < 1.29 is 14.6 Å². The SMILES string of the molecule is C[C@H](CC[C@H]1CNC(=O)O1)c1ccc(O)cc1. The highest BCUT2D eigenvalue weighted by Crippen LogP contribution is 2.24. The van der Waals surface area contributed by atoms with Crippen LogP contribution in [0.3, 0.4) is 0 Å². The molecule has 0 spiro atoms. The van der Waals surface area contributed by atoms with Gasteiger partial charge in [-0.3, -0.25) is 0 Å². The Morgan fingerprint density at radius 2 is 2.18 bits per heavy atom. The highest BCUT2D eigenvalue weighted by molar-refractivity contribution is 5.69. The van der Waals surface area contributed by atoms with Crippen LogP contribution in [0.2, 0.25) is 0 Å². The molecule has 0 radical (unpaired) electrons. The first kappa shape index (κ1) is 11.8. The summed E-state index contributed by atoms with van der Waals surface area (Å²) in [5.41, 5.74) is 1.19. The van der Waals surface area contributed by atoms with Crippen LogP contribution >= 0.6 is 0 Å². The lowest BCUT2D eigenvalue weighted by atomic mass is 9.95. The van der Waals surface area contributed by atoms with Crippen LogP contribution in [-0.4, -0.2) is 23.8 Å². The molecular formula is C13H17NO3. The molecule has 2 atom stereocenters. The highest BCUT2D eigenvalue weighted by Gasteiger charge is 2.22. The summed E-state index contributed by atoms with van der Waals surface area (Å²) in [5.74, 6) is 0.685. The van der Waals surface area contributed by atoms with Crippen molar-refractivity contribution in [3.63, 3.8) is 0 Å². The molecule has 0 aromatic heterocycles. The molecule has 1 aromatic rings. The maximum Gasteiger partial charge on any atom is 0.407 e. The maximum atomic E-state index is 10.8. The van der Waals surface area contributed by atoms with E-state index in [-0.39, 0.29) is 17.9 Å². The third-order valence-corrected chi connectivity index (χ3v) is 3.13. The number of rotatable bonds is 4. The Morgan fingerprint density at radius 1 is 1.47 bits per heavy atom. The van der Waals surface area contributed by atoms with Crippen molar-refractivity contribution in [1.82, 2.24) is 5.32 Å². The Kier molecular flexibility index (Phi) is 3.52. The molecule has 1 amide bonds. The van der Waals surface area contributed by atoms with Gasteiger partial charge < -0.3 is 15.2 Å². The number of benzene rings is 1. The first-order chi connectivity index (χ1) is 8.15. The Balaban J connectivity index is 1.82. The number of hydrogen-bond acceptors (Lipinski definition) is 3. The third-order valence-electron chi connectivity index (χ3n) is 3.13. The summed E-state index contributed by atoms with van der Waals surface area (Å²) in [7, 11) is 0. The Bertz CT molecular complexity index is 388. The number of phenols is 1. The fourth-order valence-electron chi connectivity index (χ4n) is 2.00. The zero-order chi connectivity index (χ0) is 12.3. The van der Waals surface area contributed by atoms with Gasteiger partial charge in [-0.15, -0.1) is 0 Å². The van der Waals surface area contributed by atoms with E-state index >= 15 is 0 Å². The Morgan fingerprint density at radius 3 is 2.76 bits per heavy atom. The Labute approximate surface area is 101 Å². The predicted molar refractivity (Wildman–Crippen MR) is 64.0 cm³/mol. The average molecular weight is 235 g/mol. The maximum absolute atomic E-state index is 10.8. The first-order valence-electron chi connectivity index (χ1n) is 5.88. The van der Waals surface area contributed by atoms with Crippen LogP contribution in [0.4, 0.5) is 4.79 Å². The first-order valence-corrected chi connectivity index (χ1v) is 5.88. The second-order valence-corrected chi connectivity index (χ2v) is 4.48. The van der Waals surface area contributed by atoms with E-state index in [1.807, 2.05) is 12.1 Å². The van der Waals surface area contributed by atoms with E-state index in [1.54, 1.807) is 12.1 Å². The number of ether oxygens (including phenoxy) is 1. The van der Waals surface area contributed by atoms with Gasteiger partial charge in [0.1, 0.15) is 11.9 Å². The second-order valence-electron chi connectivity index (χ2n) is 4.48. The molecule has 92 valence electrons. The number of hydrogen-bond donors (Lipinski definition) is 2. The molecule has 0 aliphatic carbocycles. The molecule has 4 nitrogen and oxygen atoms in total. The fraction of sp³-hybridized carbons (Fsp3) is 0.462. The van der Waals surface area contributed by atoms with Crippen LogP contribution in [0.25, 0.3) is 0 Å². The molecule has 1 heterocycles. The van der Waals surface area contributed by atoms with Gasteiger partial charge in [0, 0.05) is 0 Å². The molecule has 2 rings (SSSR count). The molecule has 1 saturated heterocycles. The van der Waals surface area contributed by atoms with Crippen molar-refractivity contribution in [2.24, 2.45) is 0 Å². The highest BCUT2D eigenvalue weighted by atomic mass is 16.6.